The number of rotatable bonds is 0. The summed E-state index contributed by atoms with van der Waals surface area (Å²) in [7, 11) is 0. The molecule has 0 aliphatic rings. The first-order valence-corrected chi connectivity index (χ1v) is 4.53. The molecule has 0 atom stereocenters. The van der Waals surface area contributed by atoms with E-state index in [1.54, 1.807) is 13.1 Å². The SMILES string of the molecule is Cc1[nH][nH]c(=O)c(C)cncc1Br. The van der Waals surface area contributed by atoms with Crippen LogP contribution in [-0.4, -0.2) is 15.2 Å². The number of halogens is 1. The molecule has 5 heteroatoms. The molecule has 1 aromatic rings. The second-order valence-corrected chi connectivity index (χ2v) is 3.50. The third kappa shape index (κ3) is 2.69. The van der Waals surface area contributed by atoms with Crippen LogP contribution in [0.3, 0.4) is 0 Å². The number of nitrogens with zero attached hydrogens (tertiary/aromatic N) is 1. The van der Waals surface area contributed by atoms with Gasteiger partial charge in [-0.05, 0) is 29.8 Å². The zero-order valence-electron chi connectivity index (χ0n) is 7.39. The van der Waals surface area contributed by atoms with Gasteiger partial charge in [-0.25, -0.2) is 0 Å². The lowest BCUT2D eigenvalue weighted by Crippen LogP contribution is -2.07. The Balaban J connectivity index is 3.54. The van der Waals surface area contributed by atoms with Crippen LogP contribution in [-0.2, 0) is 0 Å². The lowest BCUT2D eigenvalue weighted by Gasteiger charge is -1.88. The first-order valence-electron chi connectivity index (χ1n) is 3.74. The van der Waals surface area contributed by atoms with Crippen molar-refractivity contribution < 1.29 is 0 Å². The van der Waals surface area contributed by atoms with Crippen LogP contribution in [0.2, 0.25) is 0 Å². The Morgan fingerprint density at radius 2 is 2.00 bits per heavy atom. The molecule has 1 rings (SSSR count). The van der Waals surface area contributed by atoms with Gasteiger partial charge in [-0.1, -0.05) is 0 Å². The van der Waals surface area contributed by atoms with Crippen LogP contribution in [0.1, 0.15) is 11.3 Å². The van der Waals surface area contributed by atoms with Crippen molar-refractivity contribution in [3.8, 4) is 0 Å². The highest BCUT2D eigenvalue weighted by Gasteiger charge is 1.89. The van der Waals surface area contributed by atoms with E-state index < -0.39 is 0 Å². The van der Waals surface area contributed by atoms with Crippen LogP contribution in [0.15, 0.2) is 21.7 Å². The average Bonchev–Trinajstić information content (AvgIpc) is 2.15. The van der Waals surface area contributed by atoms with Crippen LogP contribution in [0.25, 0.3) is 0 Å². The van der Waals surface area contributed by atoms with Gasteiger partial charge in [0, 0.05) is 23.7 Å². The molecular formula is C8H10BrN3O. The van der Waals surface area contributed by atoms with Gasteiger partial charge >= 0.3 is 0 Å². The van der Waals surface area contributed by atoms with Gasteiger partial charge in [-0.3, -0.25) is 14.9 Å². The van der Waals surface area contributed by atoms with Crippen molar-refractivity contribution >= 4 is 15.9 Å². The first kappa shape index (κ1) is 9.98. The maximum atomic E-state index is 11.2. The van der Waals surface area contributed by atoms with Gasteiger partial charge < -0.3 is 5.10 Å². The minimum Gasteiger partial charge on any atom is -0.302 e. The zero-order valence-corrected chi connectivity index (χ0v) is 8.97. The average molecular weight is 244 g/mol. The molecule has 0 fully saturated rings. The number of aryl methyl sites for hydroxylation is 2. The zero-order chi connectivity index (χ0) is 9.84. The Bertz CT molecular complexity index is 406. The number of H-pyrrole nitrogens is 2. The summed E-state index contributed by atoms with van der Waals surface area (Å²) in [6.45, 7) is 3.53. The van der Waals surface area contributed by atoms with Gasteiger partial charge in [0.1, 0.15) is 0 Å². The minimum atomic E-state index is -0.182. The smallest absolute Gasteiger partial charge is 0.266 e. The van der Waals surface area contributed by atoms with Crippen molar-refractivity contribution in [3.63, 3.8) is 0 Å². The van der Waals surface area contributed by atoms with Crippen LogP contribution < -0.4 is 5.56 Å². The number of hydrogen-bond acceptors (Lipinski definition) is 2. The highest BCUT2D eigenvalue weighted by Crippen LogP contribution is 2.07. The summed E-state index contributed by atoms with van der Waals surface area (Å²) in [5, 5.41) is 5.28. The minimum absolute atomic E-state index is 0.182. The molecular weight excluding hydrogens is 234 g/mol. The topological polar surface area (TPSA) is 61.5 Å². The lowest BCUT2D eigenvalue weighted by molar-refractivity contribution is 0.953. The predicted molar refractivity (Wildman–Crippen MR) is 54.0 cm³/mol. The second kappa shape index (κ2) is 4.23. The molecule has 0 unspecified atom stereocenters. The highest BCUT2D eigenvalue weighted by atomic mass is 79.9. The summed E-state index contributed by atoms with van der Waals surface area (Å²) in [6, 6.07) is 0. The van der Waals surface area contributed by atoms with Crippen molar-refractivity contribution in [2.45, 2.75) is 13.8 Å². The normalized spacial score (nSPS) is 9.46. The molecule has 70 valence electrons. The van der Waals surface area contributed by atoms with E-state index in [2.05, 4.69) is 31.1 Å². The number of hydrogen-bond donors (Lipinski definition) is 2. The first-order chi connectivity index (χ1) is 6.11. The molecule has 0 aliphatic heterocycles. The summed E-state index contributed by atoms with van der Waals surface area (Å²) in [4.78, 5) is 15.2. The molecule has 2 N–H and O–H groups in total. The molecule has 0 spiro atoms. The van der Waals surface area contributed by atoms with E-state index in [0.29, 0.717) is 5.56 Å². The standard InChI is InChI=1S/C8H10BrN3O/c1-5-3-10-4-7(9)6(2)11-12-8(5)13/h3-4,11H,1-2H3,(H,12,13). The van der Waals surface area contributed by atoms with E-state index in [9.17, 15) is 4.79 Å². The number of nitrogens with one attached hydrogen (secondary N) is 2. The maximum Gasteiger partial charge on any atom is 0.266 e. The van der Waals surface area contributed by atoms with Crippen LogP contribution in [0, 0.1) is 13.8 Å². The van der Waals surface area contributed by atoms with Crippen molar-refractivity contribution in [2.75, 3.05) is 0 Å². The van der Waals surface area contributed by atoms with Gasteiger partial charge in [-0.2, -0.15) is 0 Å². The van der Waals surface area contributed by atoms with E-state index in [1.165, 1.54) is 6.20 Å². The summed E-state index contributed by atoms with van der Waals surface area (Å²) in [5.74, 6) is 0. The fraction of sp³-hybridized carbons (Fsp3) is 0.250. The van der Waals surface area contributed by atoms with E-state index in [0.717, 1.165) is 10.2 Å². The maximum absolute atomic E-state index is 11.2. The number of aromatic amines is 2. The molecule has 0 saturated carbocycles. The Labute approximate surface area is 83.8 Å². The molecule has 0 saturated heterocycles. The predicted octanol–water partition coefficient (Wildman–Crippen LogP) is 1.60. The van der Waals surface area contributed by atoms with Crippen molar-refractivity contribution in [2.24, 2.45) is 0 Å². The molecule has 4 nitrogen and oxygen atoms in total. The van der Waals surface area contributed by atoms with Gasteiger partial charge in [-0.15, -0.1) is 0 Å². The molecule has 13 heavy (non-hydrogen) atoms. The highest BCUT2D eigenvalue weighted by molar-refractivity contribution is 9.10. The number of aromatic nitrogens is 3. The van der Waals surface area contributed by atoms with Gasteiger partial charge in [0.25, 0.3) is 5.56 Å². The lowest BCUT2D eigenvalue weighted by atomic mass is 10.4. The third-order valence-corrected chi connectivity index (χ3v) is 2.34. The molecule has 1 aromatic heterocycles. The van der Waals surface area contributed by atoms with E-state index in [-0.39, 0.29) is 5.56 Å². The molecule has 0 aliphatic carbocycles. The van der Waals surface area contributed by atoms with E-state index in [4.69, 9.17) is 0 Å². The van der Waals surface area contributed by atoms with Gasteiger partial charge in [0.05, 0.1) is 4.47 Å². The van der Waals surface area contributed by atoms with Gasteiger partial charge in [0.15, 0.2) is 0 Å². The molecule has 1 heterocycles. The van der Waals surface area contributed by atoms with Crippen LogP contribution >= 0.6 is 15.9 Å². The molecule has 0 radical (unpaired) electrons. The molecule has 0 aromatic carbocycles. The van der Waals surface area contributed by atoms with Crippen molar-refractivity contribution in [3.05, 3.63) is 38.5 Å². The van der Waals surface area contributed by atoms with Crippen molar-refractivity contribution in [1.82, 2.24) is 15.2 Å². The summed E-state index contributed by atoms with van der Waals surface area (Å²) >= 11 is 3.30. The van der Waals surface area contributed by atoms with E-state index >= 15 is 0 Å². The van der Waals surface area contributed by atoms with E-state index in [1.807, 2.05) is 6.92 Å². The summed E-state index contributed by atoms with van der Waals surface area (Å²) < 4.78 is 0.804. The summed E-state index contributed by atoms with van der Waals surface area (Å²) in [6.07, 6.45) is 3.14. The second-order valence-electron chi connectivity index (χ2n) is 2.64. The monoisotopic (exact) mass is 243 g/mol. The quantitative estimate of drug-likeness (QED) is 0.728. The fourth-order valence-electron chi connectivity index (χ4n) is 0.679. The fourth-order valence-corrected chi connectivity index (χ4v) is 0.896. The summed E-state index contributed by atoms with van der Waals surface area (Å²) in [5.41, 5.74) is 1.18. The molecule has 0 bridgehead atoms. The Morgan fingerprint density at radius 1 is 1.31 bits per heavy atom. The van der Waals surface area contributed by atoms with Gasteiger partial charge in [0.2, 0.25) is 0 Å². The van der Waals surface area contributed by atoms with Crippen LogP contribution in [0.5, 0.6) is 0 Å². The molecule has 0 amide bonds. The Morgan fingerprint density at radius 3 is 2.69 bits per heavy atom. The Hall–Kier alpha value is -1.10. The third-order valence-electron chi connectivity index (χ3n) is 1.54. The van der Waals surface area contributed by atoms with Crippen LogP contribution in [0.4, 0.5) is 0 Å². The van der Waals surface area contributed by atoms with Crippen molar-refractivity contribution in [1.29, 1.82) is 0 Å². The Kier molecular flexibility index (Phi) is 3.25. The largest absolute Gasteiger partial charge is 0.302 e.